The first kappa shape index (κ1) is 19.9. The molecule has 3 rings (SSSR count). The summed E-state index contributed by atoms with van der Waals surface area (Å²) >= 11 is 0. The van der Waals surface area contributed by atoms with Gasteiger partial charge in [-0.1, -0.05) is 38.5 Å². The number of carbonyl (C=O) groups is 2. The standard InChI is InChI=1S/C21H28N4O3/c1-4-14(2)12-22-21(27)20-16-13-25(10-9-17(16)23-24-20)19(26)11-15-7-5-6-8-18(15)28-3/h5-8,14H,4,9-13H2,1-3H3,(H,22,27)(H,23,24). The van der Waals surface area contributed by atoms with Crippen molar-refractivity contribution in [3.8, 4) is 5.75 Å². The fraction of sp³-hybridized carbons (Fsp3) is 0.476. The average molecular weight is 384 g/mol. The summed E-state index contributed by atoms with van der Waals surface area (Å²) in [5, 5.41) is 10.1. The lowest BCUT2D eigenvalue weighted by molar-refractivity contribution is -0.131. The normalized spacial score (nSPS) is 14.3. The Morgan fingerprint density at radius 2 is 2.14 bits per heavy atom. The molecule has 1 unspecified atom stereocenters. The highest BCUT2D eigenvalue weighted by Gasteiger charge is 2.28. The van der Waals surface area contributed by atoms with Crippen LogP contribution in [0.25, 0.3) is 0 Å². The summed E-state index contributed by atoms with van der Waals surface area (Å²) in [5.74, 6) is 0.957. The summed E-state index contributed by atoms with van der Waals surface area (Å²) in [4.78, 5) is 27.2. The smallest absolute Gasteiger partial charge is 0.272 e. The van der Waals surface area contributed by atoms with E-state index < -0.39 is 0 Å². The monoisotopic (exact) mass is 384 g/mol. The molecule has 2 amide bonds. The number of amides is 2. The molecule has 7 heteroatoms. The van der Waals surface area contributed by atoms with Gasteiger partial charge < -0.3 is 15.0 Å². The molecule has 2 N–H and O–H groups in total. The Bertz CT molecular complexity index is 846. The number of hydrogen-bond acceptors (Lipinski definition) is 4. The molecule has 1 aliphatic heterocycles. The fourth-order valence-corrected chi connectivity index (χ4v) is 3.31. The van der Waals surface area contributed by atoms with Gasteiger partial charge in [-0.3, -0.25) is 14.7 Å². The van der Waals surface area contributed by atoms with E-state index >= 15 is 0 Å². The van der Waals surface area contributed by atoms with Gasteiger partial charge >= 0.3 is 0 Å². The summed E-state index contributed by atoms with van der Waals surface area (Å²) < 4.78 is 5.34. The number of methoxy groups -OCH3 is 1. The minimum atomic E-state index is -0.183. The molecular weight excluding hydrogens is 356 g/mol. The van der Waals surface area contributed by atoms with Crippen LogP contribution >= 0.6 is 0 Å². The zero-order chi connectivity index (χ0) is 20.1. The molecule has 7 nitrogen and oxygen atoms in total. The van der Waals surface area contributed by atoms with Gasteiger partial charge in [0.1, 0.15) is 5.75 Å². The summed E-state index contributed by atoms with van der Waals surface area (Å²) in [7, 11) is 1.60. The Kier molecular flexibility index (Phi) is 6.34. The molecule has 2 heterocycles. The van der Waals surface area contributed by atoms with E-state index in [0.29, 0.717) is 43.4 Å². The fourth-order valence-electron chi connectivity index (χ4n) is 3.31. The lowest BCUT2D eigenvalue weighted by Crippen LogP contribution is -2.38. The van der Waals surface area contributed by atoms with Gasteiger partial charge in [-0.2, -0.15) is 5.10 Å². The maximum absolute atomic E-state index is 12.8. The van der Waals surface area contributed by atoms with Crippen LogP contribution in [-0.4, -0.2) is 47.1 Å². The van der Waals surface area contributed by atoms with Crippen LogP contribution in [0.2, 0.25) is 0 Å². The van der Waals surface area contributed by atoms with Crippen LogP contribution < -0.4 is 10.1 Å². The number of carbonyl (C=O) groups excluding carboxylic acids is 2. The van der Waals surface area contributed by atoms with Crippen molar-refractivity contribution in [2.45, 2.75) is 39.7 Å². The van der Waals surface area contributed by atoms with Gasteiger partial charge in [0.15, 0.2) is 5.69 Å². The number of hydrogen-bond donors (Lipinski definition) is 2. The Morgan fingerprint density at radius 1 is 1.36 bits per heavy atom. The molecule has 0 saturated heterocycles. The van der Waals surface area contributed by atoms with E-state index in [1.165, 1.54) is 0 Å². The Morgan fingerprint density at radius 3 is 2.89 bits per heavy atom. The minimum absolute atomic E-state index is 0.0160. The third kappa shape index (κ3) is 4.35. The molecule has 1 aliphatic rings. The van der Waals surface area contributed by atoms with Gasteiger partial charge in [-0.25, -0.2) is 0 Å². The minimum Gasteiger partial charge on any atom is -0.496 e. The number of H-pyrrole nitrogens is 1. The van der Waals surface area contributed by atoms with Crippen LogP contribution in [0.4, 0.5) is 0 Å². The van der Waals surface area contributed by atoms with E-state index in [-0.39, 0.29) is 18.2 Å². The van der Waals surface area contributed by atoms with Crippen LogP contribution in [0.15, 0.2) is 24.3 Å². The van der Waals surface area contributed by atoms with Crippen LogP contribution in [0.5, 0.6) is 5.75 Å². The van der Waals surface area contributed by atoms with Crippen molar-refractivity contribution in [3.63, 3.8) is 0 Å². The summed E-state index contributed by atoms with van der Waals surface area (Å²) in [6, 6.07) is 7.54. The third-order valence-electron chi connectivity index (χ3n) is 5.34. The largest absolute Gasteiger partial charge is 0.496 e. The zero-order valence-corrected chi connectivity index (χ0v) is 16.7. The molecule has 150 valence electrons. The molecule has 28 heavy (non-hydrogen) atoms. The predicted octanol–water partition coefficient (Wildman–Crippen LogP) is 2.32. The Balaban J connectivity index is 1.69. The highest BCUT2D eigenvalue weighted by Crippen LogP contribution is 2.23. The second kappa shape index (κ2) is 8.91. The van der Waals surface area contributed by atoms with Crippen LogP contribution in [0.3, 0.4) is 0 Å². The van der Waals surface area contributed by atoms with Crippen molar-refractivity contribution in [1.82, 2.24) is 20.4 Å². The van der Waals surface area contributed by atoms with Gasteiger partial charge in [0.25, 0.3) is 5.91 Å². The molecule has 0 radical (unpaired) electrons. The van der Waals surface area contributed by atoms with Crippen LogP contribution in [0.1, 0.15) is 47.6 Å². The van der Waals surface area contributed by atoms with E-state index in [9.17, 15) is 9.59 Å². The topological polar surface area (TPSA) is 87.3 Å². The molecule has 0 spiro atoms. The van der Waals surface area contributed by atoms with Crippen molar-refractivity contribution in [3.05, 3.63) is 46.8 Å². The van der Waals surface area contributed by atoms with Crippen molar-refractivity contribution < 1.29 is 14.3 Å². The molecule has 0 fully saturated rings. The van der Waals surface area contributed by atoms with Gasteiger partial charge in [-0.15, -0.1) is 0 Å². The molecule has 1 aromatic heterocycles. The van der Waals surface area contributed by atoms with Crippen molar-refractivity contribution >= 4 is 11.8 Å². The zero-order valence-electron chi connectivity index (χ0n) is 16.7. The molecular formula is C21H28N4O3. The third-order valence-corrected chi connectivity index (χ3v) is 5.34. The van der Waals surface area contributed by atoms with Gasteiger partial charge in [0.2, 0.25) is 5.91 Å². The molecule has 0 aliphatic carbocycles. The highest BCUT2D eigenvalue weighted by atomic mass is 16.5. The highest BCUT2D eigenvalue weighted by molar-refractivity contribution is 5.94. The number of rotatable bonds is 7. The lowest BCUT2D eigenvalue weighted by atomic mass is 10.0. The number of aromatic amines is 1. The number of nitrogens with one attached hydrogen (secondary N) is 2. The summed E-state index contributed by atoms with van der Waals surface area (Å²) in [5.41, 5.74) is 3.02. The summed E-state index contributed by atoms with van der Waals surface area (Å²) in [6.07, 6.45) is 1.94. The SMILES string of the molecule is CCC(C)CNC(=O)c1n[nH]c2c1CN(C(=O)Cc1ccccc1OC)CC2. The van der Waals surface area contributed by atoms with Gasteiger partial charge in [0, 0.05) is 42.9 Å². The first-order chi connectivity index (χ1) is 13.5. The molecule has 0 bridgehead atoms. The van der Waals surface area contributed by atoms with Crippen molar-refractivity contribution in [1.29, 1.82) is 0 Å². The number of benzene rings is 1. The molecule has 1 aromatic carbocycles. The van der Waals surface area contributed by atoms with E-state index in [0.717, 1.165) is 23.2 Å². The quantitative estimate of drug-likeness (QED) is 0.767. The molecule has 0 saturated carbocycles. The first-order valence-corrected chi connectivity index (χ1v) is 9.77. The van der Waals surface area contributed by atoms with Gasteiger partial charge in [-0.05, 0) is 12.0 Å². The lowest BCUT2D eigenvalue weighted by Gasteiger charge is -2.27. The Labute approximate surface area is 165 Å². The van der Waals surface area contributed by atoms with E-state index in [2.05, 4.69) is 29.4 Å². The van der Waals surface area contributed by atoms with Gasteiger partial charge in [0.05, 0.1) is 13.5 Å². The maximum Gasteiger partial charge on any atom is 0.272 e. The van der Waals surface area contributed by atoms with E-state index in [1.54, 1.807) is 12.0 Å². The van der Waals surface area contributed by atoms with Crippen molar-refractivity contribution in [2.75, 3.05) is 20.2 Å². The summed E-state index contributed by atoms with van der Waals surface area (Å²) in [6.45, 7) is 5.81. The average Bonchev–Trinajstić information content (AvgIpc) is 3.15. The van der Waals surface area contributed by atoms with Crippen LogP contribution in [0, 0.1) is 5.92 Å². The number of nitrogens with zero attached hydrogens (tertiary/aromatic N) is 2. The van der Waals surface area contributed by atoms with E-state index in [1.807, 2.05) is 24.3 Å². The number of aromatic nitrogens is 2. The molecule has 2 aromatic rings. The molecule has 1 atom stereocenters. The number of fused-ring (bicyclic) bond motifs is 1. The van der Waals surface area contributed by atoms with E-state index in [4.69, 9.17) is 4.74 Å². The Hall–Kier alpha value is -2.83. The van der Waals surface area contributed by atoms with Crippen molar-refractivity contribution in [2.24, 2.45) is 5.92 Å². The first-order valence-electron chi connectivity index (χ1n) is 9.77. The second-order valence-electron chi connectivity index (χ2n) is 7.31. The number of ether oxygens (including phenoxy) is 1. The predicted molar refractivity (Wildman–Crippen MR) is 106 cm³/mol. The van der Waals surface area contributed by atoms with Crippen LogP contribution in [-0.2, 0) is 24.2 Å². The second-order valence-corrected chi connectivity index (χ2v) is 7.31. The number of para-hydroxylation sites is 1. The maximum atomic E-state index is 12.8.